The summed E-state index contributed by atoms with van der Waals surface area (Å²) in [6.45, 7) is 2.45. The lowest BCUT2D eigenvalue weighted by Gasteiger charge is -2.41. The first-order valence-electron chi connectivity index (χ1n) is 6.17. The molecule has 1 rings (SSSR count). The van der Waals surface area contributed by atoms with Crippen LogP contribution in [-0.2, 0) is 10.0 Å². The predicted molar refractivity (Wildman–Crippen MR) is 72.6 cm³/mol. The Kier molecular flexibility index (Phi) is 5.51. The normalized spacial score (nSPS) is 23.6. The topological polar surface area (TPSA) is 69.6 Å². The molecule has 19 heavy (non-hydrogen) atoms. The molecule has 0 aromatic carbocycles. The molecule has 1 heterocycles. The number of aliphatic hydroxyl groups is 1. The van der Waals surface area contributed by atoms with Crippen molar-refractivity contribution in [3.63, 3.8) is 0 Å². The van der Waals surface area contributed by atoms with Gasteiger partial charge in [0.15, 0.2) is 5.95 Å². The van der Waals surface area contributed by atoms with Crippen LogP contribution < -0.4 is 4.72 Å². The second-order valence-electron chi connectivity index (χ2n) is 4.85. The van der Waals surface area contributed by atoms with Gasteiger partial charge in [-0.15, -0.1) is 0 Å². The van der Waals surface area contributed by atoms with E-state index in [2.05, 4.69) is 4.72 Å². The summed E-state index contributed by atoms with van der Waals surface area (Å²) >= 11 is 0. The minimum atomic E-state index is -3.21. The Bertz CT molecular complexity index is 462. The van der Waals surface area contributed by atoms with E-state index in [1.54, 1.807) is 11.0 Å². The third-order valence-corrected chi connectivity index (χ3v) is 3.83. The van der Waals surface area contributed by atoms with Crippen LogP contribution in [0.1, 0.15) is 19.8 Å². The largest absolute Gasteiger partial charge is 0.396 e. The van der Waals surface area contributed by atoms with E-state index in [4.69, 9.17) is 5.11 Å². The molecule has 5 nitrogen and oxygen atoms in total. The van der Waals surface area contributed by atoms with E-state index < -0.39 is 15.6 Å². The Balaban J connectivity index is 2.58. The molecule has 1 atom stereocenters. The van der Waals surface area contributed by atoms with Crippen molar-refractivity contribution in [3.05, 3.63) is 24.2 Å². The van der Waals surface area contributed by atoms with Gasteiger partial charge in [0.25, 0.3) is 0 Å². The lowest BCUT2D eigenvalue weighted by molar-refractivity contribution is 0.115. The lowest BCUT2D eigenvalue weighted by Crippen LogP contribution is -2.46. The van der Waals surface area contributed by atoms with Crippen molar-refractivity contribution < 1.29 is 17.9 Å². The van der Waals surface area contributed by atoms with Crippen LogP contribution in [0.2, 0.25) is 0 Å². The molecule has 0 saturated carbocycles. The fourth-order valence-corrected chi connectivity index (χ4v) is 2.58. The van der Waals surface area contributed by atoms with Gasteiger partial charge in [-0.05, 0) is 25.8 Å². The first-order chi connectivity index (χ1) is 8.78. The van der Waals surface area contributed by atoms with E-state index in [-0.39, 0.29) is 19.1 Å². The summed E-state index contributed by atoms with van der Waals surface area (Å²) in [6, 6.07) is 0. The van der Waals surface area contributed by atoms with E-state index >= 15 is 0 Å². The molecule has 110 valence electrons. The average Bonchev–Trinajstić information content (AvgIpc) is 2.26. The summed E-state index contributed by atoms with van der Waals surface area (Å²) in [5.41, 5.74) is -0.571. The number of aliphatic hydroxyl groups excluding tert-OH is 1. The summed E-state index contributed by atoms with van der Waals surface area (Å²) in [4.78, 5) is 1.55. The van der Waals surface area contributed by atoms with Crippen LogP contribution in [0.25, 0.3) is 0 Å². The van der Waals surface area contributed by atoms with E-state index in [0.717, 1.165) is 6.26 Å². The summed E-state index contributed by atoms with van der Waals surface area (Å²) in [5, 5.41) is 9.07. The third kappa shape index (κ3) is 4.93. The van der Waals surface area contributed by atoms with Crippen molar-refractivity contribution in [2.24, 2.45) is 0 Å². The fraction of sp³-hybridized carbons (Fsp3) is 0.667. The molecule has 0 aliphatic carbocycles. The van der Waals surface area contributed by atoms with Gasteiger partial charge in [0, 0.05) is 19.7 Å². The van der Waals surface area contributed by atoms with Crippen LogP contribution in [0, 0.1) is 0 Å². The Morgan fingerprint density at radius 2 is 2.21 bits per heavy atom. The lowest BCUT2D eigenvalue weighted by atomic mass is 9.93. The number of halogens is 1. The monoisotopic (exact) mass is 292 g/mol. The van der Waals surface area contributed by atoms with Gasteiger partial charge in [0.2, 0.25) is 10.0 Å². The maximum Gasteiger partial charge on any atom is 0.208 e. The van der Waals surface area contributed by atoms with Crippen molar-refractivity contribution in [1.82, 2.24) is 9.62 Å². The summed E-state index contributed by atoms with van der Waals surface area (Å²) in [5.74, 6) is -0.363. The van der Waals surface area contributed by atoms with Crippen LogP contribution in [0.15, 0.2) is 24.2 Å². The maximum atomic E-state index is 13.8. The smallest absolute Gasteiger partial charge is 0.208 e. The van der Waals surface area contributed by atoms with Crippen LogP contribution in [0.5, 0.6) is 0 Å². The highest BCUT2D eigenvalue weighted by Crippen LogP contribution is 2.29. The molecule has 0 bridgehead atoms. The predicted octanol–water partition coefficient (Wildman–Crippen LogP) is 0.750. The van der Waals surface area contributed by atoms with Gasteiger partial charge in [-0.25, -0.2) is 13.1 Å². The van der Waals surface area contributed by atoms with E-state index in [0.29, 0.717) is 19.4 Å². The average molecular weight is 292 g/mol. The number of hydrogen-bond acceptors (Lipinski definition) is 4. The zero-order chi connectivity index (χ0) is 14.5. The molecule has 0 saturated heterocycles. The standard InChI is InChI=1S/C12H21FN2O3S/c1-12(7-10-16)6-3-5-11(13)15(12)9-4-8-14-19(2,17)18/h3,5-6,14,16H,4,7-10H2,1-2H3. The van der Waals surface area contributed by atoms with Gasteiger partial charge in [-0.3, -0.25) is 0 Å². The SMILES string of the molecule is CC1(CCO)C=CC=C(F)N1CCCNS(C)(=O)=O. The molecule has 0 amide bonds. The van der Waals surface area contributed by atoms with E-state index in [9.17, 15) is 12.8 Å². The number of hydrogen-bond donors (Lipinski definition) is 2. The van der Waals surface area contributed by atoms with Gasteiger partial charge in [0.1, 0.15) is 0 Å². The second-order valence-corrected chi connectivity index (χ2v) is 6.68. The van der Waals surface area contributed by atoms with Gasteiger partial charge >= 0.3 is 0 Å². The first-order valence-corrected chi connectivity index (χ1v) is 8.06. The van der Waals surface area contributed by atoms with Gasteiger partial charge in [-0.1, -0.05) is 12.2 Å². The molecule has 2 N–H and O–H groups in total. The van der Waals surface area contributed by atoms with Crippen LogP contribution in [-0.4, -0.2) is 49.9 Å². The minimum Gasteiger partial charge on any atom is -0.396 e. The van der Waals surface area contributed by atoms with Gasteiger partial charge < -0.3 is 10.0 Å². The number of nitrogens with zero attached hydrogens (tertiary/aromatic N) is 1. The molecule has 7 heteroatoms. The number of allylic oxidation sites excluding steroid dienone is 2. The fourth-order valence-electron chi connectivity index (χ4n) is 2.06. The van der Waals surface area contributed by atoms with E-state index in [1.807, 2.05) is 13.0 Å². The molecule has 1 unspecified atom stereocenters. The Morgan fingerprint density at radius 1 is 1.53 bits per heavy atom. The minimum absolute atomic E-state index is 0.0355. The Labute approximate surface area is 113 Å². The summed E-state index contributed by atoms with van der Waals surface area (Å²) < 4.78 is 38.1. The summed E-state index contributed by atoms with van der Waals surface area (Å²) in [7, 11) is -3.21. The quantitative estimate of drug-likeness (QED) is 0.537. The number of sulfonamides is 1. The molecule has 1 aliphatic heterocycles. The highest BCUT2D eigenvalue weighted by molar-refractivity contribution is 7.88. The zero-order valence-corrected chi connectivity index (χ0v) is 12.1. The number of rotatable bonds is 7. The Morgan fingerprint density at radius 3 is 2.79 bits per heavy atom. The van der Waals surface area contributed by atoms with Gasteiger partial charge in [0.05, 0.1) is 11.8 Å². The third-order valence-electron chi connectivity index (χ3n) is 3.10. The maximum absolute atomic E-state index is 13.8. The Hall–Kier alpha value is -0.920. The van der Waals surface area contributed by atoms with Crippen LogP contribution >= 0.6 is 0 Å². The van der Waals surface area contributed by atoms with Crippen LogP contribution in [0.4, 0.5) is 4.39 Å². The number of nitrogens with one attached hydrogen (secondary N) is 1. The molecule has 0 aromatic rings. The summed E-state index contributed by atoms with van der Waals surface area (Å²) in [6.07, 6.45) is 6.84. The molecule has 0 aromatic heterocycles. The highest BCUT2D eigenvalue weighted by atomic mass is 32.2. The van der Waals surface area contributed by atoms with Crippen molar-refractivity contribution in [1.29, 1.82) is 0 Å². The van der Waals surface area contributed by atoms with Crippen molar-refractivity contribution in [2.75, 3.05) is 26.0 Å². The molecular weight excluding hydrogens is 271 g/mol. The van der Waals surface area contributed by atoms with E-state index in [1.165, 1.54) is 6.08 Å². The molecular formula is C12H21FN2O3S. The van der Waals surface area contributed by atoms with Crippen LogP contribution in [0.3, 0.4) is 0 Å². The van der Waals surface area contributed by atoms with Crippen molar-refractivity contribution in [3.8, 4) is 0 Å². The molecule has 0 spiro atoms. The van der Waals surface area contributed by atoms with Gasteiger partial charge in [-0.2, -0.15) is 4.39 Å². The highest BCUT2D eigenvalue weighted by Gasteiger charge is 2.32. The zero-order valence-electron chi connectivity index (χ0n) is 11.3. The molecule has 1 aliphatic rings. The van der Waals surface area contributed by atoms with Crippen molar-refractivity contribution in [2.45, 2.75) is 25.3 Å². The van der Waals surface area contributed by atoms with Crippen molar-refractivity contribution >= 4 is 10.0 Å². The second kappa shape index (κ2) is 6.49. The molecule has 0 radical (unpaired) electrons. The molecule has 0 fully saturated rings. The first kappa shape index (κ1) is 16.1.